The molecule has 0 heteroatoms. The van der Waals surface area contributed by atoms with E-state index in [2.05, 4.69) is 39.5 Å². The van der Waals surface area contributed by atoms with Crippen LogP contribution in [-0.2, 0) is 0 Å². The molecule has 0 bridgehead atoms. The van der Waals surface area contributed by atoms with Crippen molar-refractivity contribution in [3.05, 3.63) is 35.5 Å². The Morgan fingerprint density at radius 3 is 2.87 bits per heavy atom. The van der Waals surface area contributed by atoms with Crippen LogP contribution in [0.15, 0.2) is 35.5 Å². The van der Waals surface area contributed by atoms with Gasteiger partial charge in [0, 0.05) is 0 Å². The molecule has 82 valence electrons. The van der Waals surface area contributed by atoms with E-state index >= 15 is 0 Å². The van der Waals surface area contributed by atoms with Gasteiger partial charge in [-0.05, 0) is 56.4 Å². The Hall–Kier alpha value is -0.780. The van der Waals surface area contributed by atoms with Gasteiger partial charge in [0.15, 0.2) is 0 Å². The summed E-state index contributed by atoms with van der Waals surface area (Å²) in [6.07, 6.45) is 10.1. The first kappa shape index (κ1) is 10.7. The van der Waals surface area contributed by atoms with Crippen molar-refractivity contribution in [1.29, 1.82) is 0 Å². The van der Waals surface area contributed by atoms with Crippen LogP contribution in [0.2, 0.25) is 0 Å². The number of allylic oxidation sites excluding steroid dienone is 5. The Morgan fingerprint density at radius 2 is 2.20 bits per heavy atom. The van der Waals surface area contributed by atoms with Crippen molar-refractivity contribution in [2.24, 2.45) is 11.3 Å². The summed E-state index contributed by atoms with van der Waals surface area (Å²) in [5, 5.41) is 0. The molecule has 2 aliphatic carbocycles. The summed E-state index contributed by atoms with van der Waals surface area (Å²) in [7, 11) is 0. The molecule has 0 N–H and O–H groups in total. The molecular weight excluding hydrogens is 180 g/mol. The smallest absolute Gasteiger partial charge is 0.00223 e. The third kappa shape index (κ3) is 1.82. The Labute approximate surface area is 93.8 Å². The van der Waals surface area contributed by atoms with Gasteiger partial charge in [-0.15, -0.1) is 0 Å². The van der Waals surface area contributed by atoms with Crippen molar-refractivity contribution < 1.29 is 0 Å². The van der Waals surface area contributed by atoms with Crippen molar-refractivity contribution in [3.63, 3.8) is 0 Å². The Balaban J connectivity index is 2.38. The van der Waals surface area contributed by atoms with Crippen molar-refractivity contribution in [2.75, 3.05) is 0 Å². The Bertz CT molecular complexity index is 343. The minimum absolute atomic E-state index is 0.463. The van der Waals surface area contributed by atoms with Crippen LogP contribution < -0.4 is 0 Å². The molecule has 0 aromatic heterocycles. The average Bonchev–Trinajstić information content (AvgIpc) is 2.17. The first-order valence-electron chi connectivity index (χ1n) is 6.08. The van der Waals surface area contributed by atoms with Crippen LogP contribution in [0.25, 0.3) is 0 Å². The summed E-state index contributed by atoms with van der Waals surface area (Å²) in [5.74, 6) is 0.620. The minimum atomic E-state index is 0.463. The molecular formula is C15H22. The van der Waals surface area contributed by atoms with E-state index in [9.17, 15) is 0 Å². The molecule has 0 nitrogen and oxygen atoms in total. The van der Waals surface area contributed by atoms with Gasteiger partial charge < -0.3 is 0 Å². The van der Waals surface area contributed by atoms with Crippen LogP contribution >= 0.6 is 0 Å². The Morgan fingerprint density at radius 1 is 1.47 bits per heavy atom. The molecule has 2 atom stereocenters. The van der Waals surface area contributed by atoms with E-state index in [-0.39, 0.29) is 0 Å². The van der Waals surface area contributed by atoms with E-state index in [0.29, 0.717) is 11.3 Å². The van der Waals surface area contributed by atoms with Gasteiger partial charge >= 0.3 is 0 Å². The molecule has 0 saturated carbocycles. The van der Waals surface area contributed by atoms with E-state index < -0.39 is 0 Å². The van der Waals surface area contributed by atoms with E-state index in [4.69, 9.17) is 0 Å². The number of rotatable bonds is 1. The lowest BCUT2D eigenvalue weighted by Gasteiger charge is -2.41. The highest BCUT2D eigenvalue weighted by Gasteiger charge is 2.35. The highest BCUT2D eigenvalue weighted by molar-refractivity contribution is 5.40. The maximum absolute atomic E-state index is 4.10. The Kier molecular flexibility index (Phi) is 2.62. The molecule has 0 amide bonds. The molecule has 0 saturated heterocycles. The van der Waals surface area contributed by atoms with Gasteiger partial charge in [-0.25, -0.2) is 0 Å². The fourth-order valence-corrected chi connectivity index (χ4v) is 3.07. The molecule has 0 fully saturated rings. The van der Waals surface area contributed by atoms with Crippen molar-refractivity contribution in [1.82, 2.24) is 0 Å². The van der Waals surface area contributed by atoms with E-state index in [0.717, 1.165) is 0 Å². The SMILES string of the molecule is C=C(C)C1C=C2C(C)=CCCC2(C)CC1. The maximum Gasteiger partial charge on any atom is -0.00223 e. The normalized spacial score (nSPS) is 35.3. The predicted octanol–water partition coefficient (Wildman–Crippen LogP) is 4.65. The standard InChI is InChI=1S/C15H22/c1-11(2)13-7-9-15(4)8-5-6-12(3)14(15)10-13/h6,10,13H,1,5,7-9H2,2-4H3. The lowest BCUT2D eigenvalue weighted by Crippen LogP contribution is -2.28. The van der Waals surface area contributed by atoms with Gasteiger partial charge in [0.2, 0.25) is 0 Å². The van der Waals surface area contributed by atoms with Gasteiger partial charge in [0.05, 0.1) is 0 Å². The quantitative estimate of drug-likeness (QED) is 0.543. The van der Waals surface area contributed by atoms with Gasteiger partial charge in [0.1, 0.15) is 0 Å². The third-order valence-electron chi connectivity index (χ3n) is 4.23. The second-order valence-corrected chi connectivity index (χ2v) is 5.56. The predicted molar refractivity (Wildman–Crippen MR) is 66.7 cm³/mol. The molecule has 2 unspecified atom stereocenters. The average molecular weight is 202 g/mol. The van der Waals surface area contributed by atoms with Gasteiger partial charge in [-0.3, -0.25) is 0 Å². The van der Waals surface area contributed by atoms with Gasteiger partial charge in [-0.1, -0.05) is 36.8 Å². The fourth-order valence-electron chi connectivity index (χ4n) is 3.07. The van der Waals surface area contributed by atoms with Crippen molar-refractivity contribution >= 4 is 0 Å². The zero-order valence-corrected chi connectivity index (χ0v) is 10.3. The summed E-state index contributed by atoms with van der Waals surface area (Å²) in [6, 6.07) is 0. The number of hydrogen-bond donors (Lipinski definition) is 0. The van der Waals surface area contributed by atoms with Crippen molar-refractivity contribution in [2.45, 2.75) is 46.5 Å². The summed E-state index contributed by atoms with van der Waals surface area (Å²) in [6.45, 7) is 11.0. The highest BCUT2D eigenvalue weighted by atomic mass is 14.4. The largest absolute Gasteiger partial charge is 0.0995 e. The van der Waals surface area contributed by atoms with E-state index in [1.807, 2.05) is 0 Å². The van der Waals surface area contributed by atoms with Crippen LogP contribution in [0, 0.1) is 11.3 Å². The number of fused-ring (bicyclic) bond motifs is 1. The molecule has 2 rings (SSSR count). The molecule has 0 aromatic carbocycles. The number of hydrogen-bond acceptors (Lipinski definition) is 0. The summed E-state index contributed by atoms with van der Waals surface area (Å²) >= 11 is 0. The molecule has 0 aliphatic heterocycles. The van der Waals surface area contributed by atoms with Crippen LogP contribution in [0.5, 0.6) is 0 Å². The van der Waals surface area contributed by atoms with Crippen LogP contribution in [0.3, 0.4) is 0 Å². The monoisotopic (exact) mass is 202 g/mol. The van der Waals surface area contributed by atoms with Crippen LogP contribution in [0.4, 0.5) is 0 Å². The molecule has 15 heavy (non-hydrogen) atoms. The lowest BCUT2D eigenvalue weighted by atomic mass is 9.64. The maximum atomic E-state index is 4.10. The third-order valence-corrected chi connectivity index (χ3v) is 4.23. The first-order chi connectivity index (χ1) is 7.03. The first-order valence-corrected chi connectivity index (χ1v) is 6.08. The zero-order chi connectivity index (χ0) is 11.1. The molecule has 0 radical (unpaired) electrons. The second-order valence-electron chi connectivity index (χ2n) is 5.56. The molecule has 0 spiro atoms. The summed E-state index contributed by atoms with van der Waals surface area (Å²) in [4.78, 5) is 0. The summed E-state index contributed by atoms with van der Waals surface area (Å²) < 4.78 is 0. The molecule has 0 aromatic rings. The van der Waals surface area contributed by atoms with E-state index in [1.54, 1.807) is 5.57 Å². The molecule has 2 aliphatic rings. The van der Waals surface area contributed by atoms with Gasteiger partial charge in [-0.2, -0.15) is 0 Å². The zero-order valence-electron chi connectivity index (χ0n) is 10.3. The van der Waals surface area contributed by atoms with Crippen LogP contribution in [-0.4, -0.2) is 0 Å². The van der Waals surface area contributed by atoms with Gasteiger partial charge in [0.25, 0.3) is 0 Å². The minimum Gasteiger partial charge on any atom is -0.0995 e. The van der Waals surface area contributed by atoms with Crippen molar-refractivity contribution in [3.8, 4) is 0 Å². The van der Waals surface area contributed by atoms with E-state index in [1.165, 1.54) is 36.8 Å². The fraction of sp³-hybridized carbons (Fsp3) is 0.600. The molecule has 0 heterocycles. The lowest BCUT2D eigenvalue weighted by molar-refractivity contribution is 0.292. The highest BCUT2D eigenvalue weighted by Crippen LogP contribution is 2.49. The van der Waals surface area contributed by atoms with Crippen LogP contribution in [0.1, 0.15) is 46.5 Å². The summed E-state index contributed by atoms with van der Waals surface area (Å²) in [5.41, 5.74) is 4.90. The second kappa shape index (κ2) is 3.66. The topological polar surface area (TPSA) is 0 Å².